The Kier molecular flexibility index (Phi) is 7.03. The maximum atomic E-state index is 14.9. The number of aliphatic hydroxyl groups is 1. The van der Waals surface area contributed by atoms with Gasteiger partial charge in [-0.25, -0.2) is 0 Å². The van der Waals surface area contributed by atoms with Crippen molar-refractivity contribution >= 4 is 17.8 Å². The molecule has 158 valence electrons. The summed E-state index contributed by atoms with van der Waals surface area (Å²) < 4.78 is 14.9. The van der Waals surface area contributed by atoms with Gasteiger partial charge in [0.2, 0.25) is 0 Å². The van der Waals surface area contributed by atoms with Crippen LogP contribution in [0.15, 0.2) is 121 Å². The topological polar surface area (TPSA) is 37.3 Å². The van der Waals surface area contributed by atoms with Crippen molar-refractivity contribution < 1.29 is 9.67 Å². The van der Waals surface area contributed by atoms with Gasteiger partial charge in [-0.3, -0.25) is 0 Å². The third-order valence-corrected chi connectivity index (χ3v) is 9.07. The molecule has 0 heterocycles. The lowest BCUT2D eigenvalue weighted by Crippen LogP contribution is -2.35. The Bertz CT molecular complexity index is 1180. The Hall–Kier alpha value is -3.37. The molecule has 0 radical (unpaired) electrons. The second-order valence-corrected chi connectivity index (χ2v) is 10.7. The van der Waals surface area contributed by atoms with Crippen LogP contribution in [0.2, 0.25) is 0 Å². The van der Waals surface area contributed by atoms with E-state index in [0.29, 0.717) is 6.42 Å². The van der Waals surface area contributed by atoms with Crippen LogP contribution >= 0.6 is 7.14 Å². The zero-order valence-corrected chi connectivity index (χ0v) is 18.6. The Balaban J connectivity index is 1.84. The van der Waals surface area contributed by atoms with Gasteiger partial charge in [0.1, 0.15) is 13.2 Å². The number of benzene rings is 4. The van der Waals surface area contributed by atoms with Crippen molar-refractivity contribution in [2.45, 2.75) is 18.2 Å². The Morgan fingerprint density at radius 2 is 1.09 bits per heavy atom. The molecule has 4 aromatic rings. The second kappa shape index (κ2) is 10.3. The molecule has 0 amide bonds. The molecule has 0 spiro atoms. The van der Waals surface area contributed by atoms with E-state index in [1.54, 1.807) is 0 Å². The molecule has 4 rings (SSSR count). The van der Waals surface area contributed by atoms with E-state index in [1.165, 1.54) is 0 Å². The van der Waals surface area contributed by atoms with Gasteiger partial charge in [-0.2, -0.15) is 0 Å². The van der Waals surface area contributed by atoms with Gasteiger partial charge in [0.05, 0.1) is 5.66 Å². The highest BCUT2D eigenvalue weighted by Crippen LogP contribution is 2.51. The third-order valence-electron chi connectivity index (χ3n) is 5.54. The molecule has 0 unspecified atom stereocenters. The molecule has 2 nitrogen and oxygen atoms in total. The average molecular weight is 436 g/mol. The van der Waals surface area contributed by atoms with Crippen molar-refractivity contribution in [3.63, 3.8) is 0 Å². The minimum atomic E-state index is -3.23. The van der Waals surface area contributed by atoms with E-state index in [4.69, 9.17) is 0 Å². The highest BCUT2D eigenvalue weighted by molar-refractivity contribution is 7.79. The first-order chi connectivity index (χ1) is 15.7. The molecular formula is C29H25O2P. The molecular weight excluding hydrogens is 411 g/mol. The molecule has 2 atom stereocenters. The first kappa shape index (κ1) is 21.8. The average Bonchev–Trinajstić information content (AvgIpc) is 2.88. The zero-order chi connectivity index (χ0) is 22.2. The fourth-order valence-corrected chi connectivity index (χ4v) is 7.13. The normalized spacial score (nSPS) is 12.9. The monoisotopic (exact) mass is 436 g/mol. The van der Waals surface area contributed by atoms with Crippen molar-refractivity contribution in [3.05, 3.63) is 132 Å². The molecule has 0 saturated carbocycles. The summed E-state index contributed by atoms with van der Waals surface area (Å²) in [5.41, 5.74) is 1.25. The Morgan fingerprint density at radius 1 is 0.656 bits per heavy atom. The maximum Gasteiger partial charge on any atom is 0.150 e. The van der Waals surface area contributed by atoms with Gasteiger partial charge in [0.25, 0.3) is 0 Å². The van der Waals surface area contributed by atoms with E-state index >= 15 is 0 Å². The molecule has 0 aliphatic carbocycles. The van der Waals surface area contributed by atoms with Crippen molar-refractivity contribution in [2.75, 3.05) is 0 Å². The van der Waals surface area contributed by atoms with Crippen LogP contribution in [0.3, 0.4) is 0 Å². The van der Waals surface area contributed by atoms with Crippen LogP contribution in [0, 0.1) is 11.8 Å². The lowest BCUT2D eigenvalue weighted by atomic mass is 10.1. The number of rotatable bonds is 6. The third kappa shape index (κ3) is 4.92. The van der Waals surface area contributed by atoms with Crippen LogP contribution < -0.4 is 10.6 Å². The van der Waals surface area contributed by atoms with Crippen LogP contribution in [0.25, 0.3) is 0 Å². The number of hydrogen-bond acceptors (Lipinski definition) is 2. The van der Waals surface area contributed by atoms with Crippen LogP contribution in [0.5, 0.6) is 0 Å². The summed E-state index contributed by atoms with van der Waals surface area (Å²) in [6, 6.07) is 38.4. The largest absolute Gasteiger partial charge is 0.380 e. The number of hydrogen-bond donors (Lipinski definition) is 1. The Morgan fingerprint density at radius 3 is 1.59 bits per heavy atom. The van der Waals surface area contributed by atoms with E-state index in [1.807, 2.05) is 121 Å². The molecule has 0 fully saturated rings. The highest BCUT2D eigenvalue weighted by atomic mass is 31.2. The summed E-state index contributed by atoms with van der Waals surface area (Å²) in [6.07, 6.45) is -0.617. The van der Waals surface area contributed by atoms with E-state index in [9.17, 15) is 9.67 Å². The Labute approximate surface area is 190 Å². The van der Waals surface area contributed by atoms with Gasteiger partial charge in [0.15, 0.2) is 0 Å². The summed E-state index contributed by atoms with van der Waals surface area (Å²) in [7, 11) is -3.23. The zero-order valence-electron chi connectivity index (χ0n) is 17.7. The summed E-state index contributed by atoms with van der Waals surface area (Å²) in [6.45, 7) is 0. The highest BCUT2D eigenvalue weighted by Gasteiger charge is 2.40. The lowest BCUT2D eigenvalue weighted by molar-refractivity contribution is 0.224. The fraction of sp³-hybridized carbons (Fsp3) is 0.103. The molecule has 0 aromatic heterocycles. The summed E-state index contributed by atoms with van der Waals surface area (Å²) in [4.78, 5) is 0. The van der Waals surface area contributed by atoms with Gasteiger partial charge in [-0.1, -0.05) is 121 Å². The van der Waals surface area contributed by atoms with Crippen LogP contribution in [-0.2, 0) is 11.0 Å². The van der Waals surface area contributed by atoms with E-state index in [0.717, 1.165) is 21.7 Å². The predicted molar refractivity (Wildman–Crippen MR) is 133 cm³/mol. The molecule has 32 heavy (non-hydrogen) atoms. The van der Waals surface area contributed by atoms with E-state index in [-0.39, 0.29) is 0 Å². The SMILES string of the molecule is O=P(c1ccccc1)(c1ccccc1)[C@@H](Cc1ccccc1)[C@H](O)C#Cc1ccccc1. The summed E-state index contributed by atoms with van der Waals surface area (Å²) in [5, 5.41) is 12.8. The molecule has 0 bridgehead atoms. The quantitative estimate of drug-likeness (QED) is 0.340. The summed E-state index contributed by atoms with van der Waals surface area (Å²) in [5.74, 6) is 6.06. The van der Waals surface area contributed by atoms with Gasteiger partial charge >= 0.3 is 0 Å². The smallest absolute Gasteiger partial charge is 0.150 e. The standard InChI is InChI=1S/C29H25O2P/c30-28(22-21-24-13-5-1-6-14-24)29(23-25-15-7-2-8-16-25)32(31,26-17-9-3-10-18-26)27-19-11-4-12-20-27/h1-20,28-30H,23H2/t28-,29+/m1/s1. The van der Waals surface area contributed by atoms with E-state index in [2.05, 4.69) is 11.8 Å². The van der Waals surface area contributed by atoms with Crippen LogP contribution in [0.1, 0.15) is 11.1 Å². The van der Waals surface area contributed by atoms with Crippen molar-refractivity contribution in [2.24, 2.45) is 0 Å². The molecule has 1 N–H and O–H groups in total. The van der Waals surface area contributed by atoms with Crippen molar-refractivity contribution in [1.29, 1.82) is 0 Å². The first-order valence-corrected chi connectivity index (χ1v) is 12.4. The van der Waals surface area contributed by atoms with E-state index < -0.39 is 18.9 Å². The maximum absolute atomic E-state index is 14.9. The van der Waals surface area contributed by atoms with Crippen LogP contribution in [0.4, 0.5) is 0 Å². The lowest BCUT2D eigenvalue weighted by Gasteiger charge is -2.30. The summed E-state index contributed by atoms with van der Waals surface area (Å²) >= 11 is 0. The van der Waals surface area contributed by atoms with Gasteiger partial charge in [-0.05, 0) is 24.1 Å². The molecule has 4 aromatic carbocycles. The predicted octanol–water partition coefficient (Wildman–Crippen LogP) is 5.02. The molecule has 0 aliphatic rings. The van der Waals surface area contributed by atoms with Gasteiger partial charge in [-0.15, -0.1) is 0 Å². The minimum absolute atomic E-state index is 0.451. The first-order valence-electron chi connectivity index (χ1n) is 10.7. The van der Waals surface area contributed by atoms with Crippen LogP contribution in [-0.4, -0.2) is 16.9 Å². The number of aliphatic hydroxyl groups excluding tert-OH is 1. The second-order valence-electron chi connectivity index (χ2n) is 7.67. The van der Waals surface area contributed by atoms with Gasteiger partial charge < -0.3 is 9.67 Å². The van der Waals surface area contributed by atoms with Gasteiger partial charge in [0, 0.05) is 16.2 Å². The minimum Gasteiger partial charge on any atom is -0.380 e. The van der Waals surface area contributed by atoms with Crippen molar-refractivity contribution in [3.8, 4) is 11.8 Å². The molecule has 3 heteroatoms. The van der Waals surface area contributed by atoms with Crippen molar-refractivity contribution in [1.82, 2.24) is 0 Å². The fourth-order valence-electron chi connectivity index (χ4n) is 3.90. The molecule has 0 aliphatic heterocycles. The molecule has 0 saturated heterocycles.